The number of nitrogens with one attached hydrogen (secondary N) is 1. The summed E-state index contributed by atoms with van der Waals surface area (Å²) in [6.45, 7) is 3.35. The predicted octanol–water partition coefficient (Wildman–Crippen LogP) is 2.60. The minimum atomic E-state index is -0.795. The predicted molar refractivity (Wildman–Crippen MR) is 80.6 cm³/mol. The van der Waals surface area contributed by atoms with Gasteiger partial charge in [-0.3, -0.25) is 14.3 Å². The van der Waals surface area contributed by atoms with Crippen molar-refractivity contribution in [1.82, 2.24) is 5.32 Å². The average molecular weight is 349 g/mol. The summed E-state index contributed by atoms with van der Waals surface area (Å²) in [5.41, 5.74) is 1.04. The smallest absolute Gasteiger partial charge is 0.270 e. The maximum Gasteiger partial charge on any atom is 0.270 e. The van der Waals surface area contributed by atoms with Crippen LogP contribution < -0.4 is 5.32 Å². The largest absolute Gasteiger partial charge is 0.313 e. The van der Waals surface area contributed by atoms with E-state index < -0.39 is 15.7 Å². The summed E-state index contributed by atoms with van der Waals surface area (Å²) in [5, 5.41) is 14.0. The van der Waals surface area contributed by atoms with Crippen molar-refractivity contribution in [1.29, 1.82) is 0 Å². The fraction of sp³-hybridized carbons (Fsp3) is 0.500. The highest BCUT2D eigenvalue weighted by molar-refractivity contribution is 9.10. The summed E-state index contributed by atoms with van der Waals surface area (Å²) in [6.07, 6.45) is 2.55. The number of non-ortho nitro benzene ring substituents is 1. The standard InChI is InChI=1S/C12H17BrN2O3S/c1-9(19(2)18)5-6-14-8-10-3-4-11(15(16)17)7-12(10)13/h3-4,7,9,14H,5-6,8H2,1-2H3. The molecule has 106 valence electrons. The SMILES string of the molecule is CC(CCNCc1ccc([N+](=O)[O-])cc1Br)S(C)=O. The Hall–Kier alpha value is -0.790. The van der Waals surface area contributed by atoms with E-state index in [2.05, 4.69) is 21.2 Å². The number of nitrogens with zero attached hydrogens (tertiary/aromatic N) is 1. The number of rotatable bonds is 7. The first-order valence-electron chi connectivity index (χ1n) is 5.87. The maximum atomic E-state index is 11.2. The van der Waals surface area contributed by atoms with Crippen LogP contribution in [0.4, 0.5) is 5.69 Å². The zero-order valence-corrected chi connectivity index (χ0v) is 13.3. The van der Waals surface area contributed by atoms with Gasteiger partial charge in [-0.25, -0.2) is 0 Å². The van der Waals surface area contributed by atoms with Gasteiger partial charge in [-0.1, -0.05) is 22.9 Å². The Balaban J connectivity index is 2.46. The molecule has 2 unspecified atom stereocenters. The molecule has 1 rings (SSSR count). The van der Waals surface area contributed by atoms with Crippen molar-refractivity contribution in [3.63, 3.8) is 0 Å². The molecule has 1 aromatic rings. The van der Waals surface area contributed by atoms with Gasteiger partial charge in [0, 0.05) is 45.5 Å². The Labute approximate surface area is 123 Å². The molecule has 0 saturated carbocycles. The van der Waals surface area contributed by atoms with E-state index in [0.29, 0.717) is 6.54 Å². The number of halogens is 1. The monoisotopic (exact) mass is 348 g/mol. The van der Waals surface area contributed by atoms with E-state index in [4.69, 9.17) is 0 Å². The van der Waals surface area contributed by atoms with Gasteiger partial charge in [-0.05, 0) is 24.6 Å². The van der Waals surface area contributed by atoms with Crippen molar-refractivity contribution in [3.05, 3.63) is 38.3 Å². The van der Waals surface area contributed by atoms with Gasteiger partial charge >= 0.3 is 0 Å². The van der Waals surface area contributed by atoms with Crippen molar-refractivity contribution in [2.75, 3.05) is 12.8 Å². The average Bonchev–Trinajstić information content (AvgIpc) is 2.35. The van der Waals surface area contributed by atoms with Crippen LogP contribution in [0.3, 0.4) is 0 Å². The van der Waals surface area contributed by atoms with Gasteiger partial charge in [0.15, 0.2) is 0 Å². The van der Waals surface area contributed by atoms with Gasteiger partial charge in [0.1, 0.15) is 0 Å². The second kappa shape index (κ2) is 7.72. The van der Waals surface area contributed by atoms with Crippen LogP contribution in [0.2, 0.25) is 0 Å². The fourth-order valence-corrected chi connectivity index (χ4v) is 2.44. The third-order valence-electron chi connectivity index (χ3n) is 2.86. The maximum absolute atomic E-state index is 11.2. The lowest BCUT2D eigenvalue weighted by Crippen LogP contribution is -2.21. The molecule has 1 N–H and O–H groups in total. The van der Waals surface area contributed by atoms with Crippen molar-refractivity contribution >= 4 is 32.4 Å². The van der Waals surface area contributed by atoms with Crippen LogP contribution in [0.1, 0.15) is 18.9 Å². The van der Waals surface area contributed by atoms with Gasteiger partial charge in [0.05, 0.1) is 4.92 Å². The lowest BCUT2D eigenvalue weighted by molar-refractivity contribution is -0.384. The number of benzene rings is 1. The third-order valence-corrected chi connectivity index (χ3v) is 4.96. The number of hydrogen-bond acceptors (Lipinski definition) is 4. The summed E-state index contributed by atoms with van der Waals surface area (Å²) in [6, 6.07) is 4.73. The normalized spacial score (nSPS) is 14.1. The van der Waals surface area contributed by atoms with E-state index in [1.165, 1.54) is 12.1 Å². The molecule has 1 aromatic carbocycles. The summed E-state index contributed by atoms with van der Waals surface area (Å²) in [7, 11) is -0.795. The highest BCUT2D eigenvalue weighted by atomic mass is 79.9. The molecule has 0 radical (unpaired) electrons. The Kier molecular flexibility index (Phi) is 6.60. The molecule has 0 aliphatic heterocycles. The molecule has 0 fully saturated rings. The van der Waals surface area contributed by atoms with E-state index >= 15 is 0 Å². The highest BCUT2D eigenvalue weighted by Gasteiger charge is 2.09. The lowest BCUT2D eigenvalue weighted by atomic mass is 10.2. The van der Waals surface area contributed by atoms with E-state index in [0.717, 1.165) is 23.0 Å². The van der Waals surface area contributed by atoms with Crippen molar-refractivity contribution in [2.24, 2.45) is 0 Å². The number of hydrogen-bond donors (Lipinski definition) is 1. The van der Waals surface area contributed by atoms with E-state index in [9.17, 15) is 14.3 Å². The summed E-state index contributed by atoms with van der Waals surface area (Å²) >= 11 is 3.33. The second-order valence-corrected chi connectivity index (χ2v) is 6.96. The Morgan fingerprint density at radius 1 is 1.53 bits per heavy atom. The molecule has 0 aliphatic carbocycles. The molecule has 0 aromatic heterocycles. The van der Waals surface area contributed by atoms with Gasteiger partial charge in [0.25, 0.3) is 5.69 Å². The molecule has 5 nitrogen and oxygen atoms in total. The quantitative estimate of drug-likeness (QED) is 0.467. The zero-order valence-electron chi connectivity index (χ0n) is 10.9. The lowest BCUT2D eigenvalue weighted by Gasteiger charge is -2.10. The van der Waals surface area contributed by atoms with Gasteiger partial charge in [0.2, 0.25) is 0 Å². The molecule has 2 atom stereocenters. The van der Waals surface area contributed by atoms with Crippen LogP contribution in [0.15, 0.2) is 22.7 Å². The van der Waals surface area contributed by atoms with E-state index in [1.54, 1.807) is 12.3 Å². The molecule has 19 heavy (non-hydrogen) atoms. The molecule has 0 amide bonds. The van der Waals surface area contributed by atoms with Crippen LogP contribution >= 0.6 is 15.9 Å². The summed E-state index contributed by atoms with van der Waals surface area (Å²) < 4.78 is 11.9. The Morgan fingerprint density at radius 3 is 2.74 bits per heavy atom. The first-order valence-corrected chi connectivity index (χ1v) is 8.29. The van der Waals surface area contributed by atoms with Crippen LogP contribution in [-0.4, -0.2) is 27.2 Å². The Morgan fingerprint density at radius 2 is 2.21 bits per heavy atom. The van der Waals surface area contributed by atoms with Gasteiger partial charge in [-0.15, -0.1) is 0 Å². The first-order chi connectivity index (χ1) is 8.91. The molecule has 0 aliphatic rings. The summed E-state index contributed by atoms with van der Waals surface area (Å²) in [4.78, 5) is 10.2. The van der Waals surface area contributed by atoms with Crippen molar-refractivity contribution in [3.8, 4) is 0 Å². The molecular formula is C12H17BrN2O3S. The van der Waals surface area contributed by atoms with E-state index in [1.807, 2.05) is 6.92 Å². The van der Waals surface area contributed by atoms with Gasteiger partial charge < -0.3 is 5.32 Å². The molecule has 0 heterocycles. The van der Waals surface area contributed by atoms with Crippen LogP contribution in [-0.2, 0) is 17.3 Å². The summed E-state index contributed by atoms with van der Waals surface area (Å²) in [5.74, 6) is 0. The van der Waals surface area contributed by atoms with E-state index in [-0.39, 0.29) is 10.9 Å². The highest BCUT2D eigenvalue weighted by Crippen LogP contribution is 2.22. The molecule has 0 bridgehead atoms. The van der Waals surface area contributed by atoms with Crippen molar-refractivity contribution in [2.45, 2.75) is 25.1 Å². The minimum Gasteiger partial charge on any atom is -0.313 e. The van der Waals surface area contributed by atoms with Crippen LogP contribution in [0.25, 0.3) is 0 Å². The molecule has 0 spiro atoms. The second-order valence-electron chi connectivity index (χ2n) is 4.31. The van der Waals surface area contributed by atoms with Crippen LogP contribution in [0.5, 0.6) is 0 Å². The first kappa shape index (κ1) is 16.3. The molecule has 7 heteroatoms. The number of nitro benzene ring substituents is 1. The molecular weight excluding hydrogens is 332 g/mol. The zero-order chi connectivity index (χ0) is 14.4. The van der Waals surface area contributed by atoms with Crippen molar-refractivity contribution < 1.29 is 9.13 Å². The fourth-order valence-electron chi connectivity index (χ4n) is 1.49. The topological polar surface area (TPSA) is 72.2 Å². The third kappa shape index (κ3) is 5.38. The minimum absolute atomic E-state index is 0.0747. The number of nitro groups is 1. The molecule has 0 saturated heterocycles. The van der Waals surface area contributed by atoms with Crippen LogP contribution in [0, 0.1) is 10.1 Å². The Bertz CT molecular complexity index is 482. The van der Waals surface area contributed by atoms with Gasteiger partial charge in [-0.2, -0.15) is 0 Å².